The molecule has 2 nitrogen and oxygen atoms in total. The predicted molar refractivity (Wildman–Crippen MR) is 60.5 cm³/mol. The number of terminal acetylenes is 1. The minimum absolute atomic E-state index is 0.0992. The Hall–Kier alpha value is -1.75. The summed E-state index contributed by atoms with van der Waals surface area (Å²) in [6, 6.07) is 7.43. The van der Waals surface area contributed by atoms with Crippen LogP contribution in [-0.4, -0.2) is 12.8 Å². The maximum atomic E-state index is 10.9. The van der Waals surface area contributed by atoms with Gasteiger partial charge in [0, 0.05) is 18.3 Å². The highest BCUT2D eigenvalue weighted by atomic mass is 16.1. The molecule has 2 heteroatoms. The summed E-state index contributed by atoms with van der Waals surface area (Å²) in [5.74, 6) is 2.35. The van der Waals surface area contributed by atoms with Gasteiger partial charge in [-0.25, -0.2) is 0 Å². The van der Waals surface area contributed by atoms with E-state index < -0.39 is 0 Å². The summed E-state index contributed by atoms with van der Waals surface area (Å²) in [5.41, 5.74) is 1.72. The summed E-state index contributed by atoms with van der Waals surface area (Å²) in [7, 11) is 1.83. The van der Waals surface area contributed by atoms with Gasteiger partial charge in [0.05, 0.1) is 0 Å². The van der Waals surface area contributed by atoms with E-state index in [1.54, 1.807) is 13.8 Å². The summed E-state index contributed by atoms with van der Waals surface area (Å²) in [5, 5.41) is 2.97. The molecule has 0 aliphatic carbocycles. The number of anilines is 1. The maximum absolute atomic E-state index is 10.9. The number of hydrogen-bond acceptors (Lipinski definition) is 2. The van der Waals surface area contributed by atoms with Crippen LogP contribution in [0.1, 0.15) is 24.2 Å². The van der Waals surface area contributed by atoms with Gasteiger partial charge in [-0.15, -0.1) is 12.3 Å². The van der Waals surface area contributed by atoms with Crippen molar-refractivity contribution in [2.24, 2.45) is 0 Å². The van der Waals surface area contributed by atoms with Gasteiger partial charge in [0.1, 0.15) is 0 Å². The van der Waals surface area contributed by atoms with Crippen LogP contribution in [-0.2, 0) is 0 Å². The Morgan fingerprint density at radius 1 is 1.50 bits per heavy atom. The Morgan fingerprint density at radius 2 is 2.07 bits per heavy atom. The number of hydrogen-bond donors (Lipinski definition) is 1. The van der Waals surface area contributed by atoms with Gasteiger partial charge >= 0.3 is 0 Å². The van der Waals surface area contributed by atoms with Crippen LogP contribution >= 0.6 is 0 Å². The third-order valence-electron chi connectivity index (χ3n) is 1.56. The fourth-order valence-electron chi connectivity index (χ4n) is 0.894. The molecule has 1 rings (SSSR count). The number of ketones is 1. The second-order valence-corrected chi connectivity index (χ2v) is 2.68. The van der Waals surface area contributed by atoms with Gasteiger partial charge < -0.3 is 5.32 Å². The molecule has 1 aromatic carbocycles. The molecule has 0 aliphatic rings. The lowest BCUT2D eigenvalue weighted by Gasteiger charge is -2.00. The molecule has 0 heterocycles. The number of benzene rings is 1. The smallest absolute Gasteiger partial charge is 0.159 e. The van der Waals surface area contributed by atoms with Crippen molar-refractivity contribution in [1.29, 1.82) is 0 Å². The first kappa shape index (κ1) is 12.2. The fraction of sp³-hybridized carbons (Fsp3) is 0.250. The number of carbonyl (C=O) groups excluding carboxylic acids is 1. The van der Waals surface area contributed by atoms with E-state index in [0.29, 0.717) is 0 Å². The third kappa shape index (κ3) is 4.32. The van der Waals surface area contributed by atoms with Gasteiger partial charge in [0.2, 0.25) is 0 Å². The molecule has 0 atom stereocenters. The van der Waals surface area contributed by atoms with Gasteiger partial charge in [-0.05, 0) is 26.0 Å². The van der Waals surface area contributed by atoms with E-state index in [4.69, 9.17) is 0 Å². The number of carbonyl (C=O) groups is 1. The second-order valence-electron chi connectivity index (χ2n) is 2.68. The van der Waals surface area contributed by atoms with E-state index in [9.17, 15) is 4.79 Å². The van der Waals surface area contributed by atoms with Crippen LogP contribution in [0.25, 0.3) is 0 Å². The van der Waals surface area contributed by atoms with Crippen molar-refractivity contribution in [2.75, 3.05) is 12.4 Å². The van der Waals surface area contributed by atoms with E-state index in [2.05, 4.69) is 17.7 Å². The molecule has 0 aliphatic heterocycles. The van der Waals surface area contributed by atoms with Crippen molar-refractivity contribution in [3.05, 3.63) is 29.8 Å². The predicted octanol–water partition coefficient (Wildman–Crippen LogP) is 2.57. The monoisotopic (exact) mass is 189 g/mol. The summed E-state index contributed by atoms with van der Waals surface area (Å²) in [6.45, 7) is 3.22. The highest BCUT2D eigenvalue weighted by Gasteiger charge is 1.97. The van der Waals surface area contributed by atoms with Crippen molar-refractivity contribution in [3.63, 3.8) is 0 Å². The zero-order valence-corrected chi connectivity index (χ0v) is 8.79. The van der Waals surface area contributed by atoms with Crippen molar-refractivity contribution >= 4 is 11.5 Å². The van der Waals surface area contributed by atoms with Gasteiger partial charge in [-0.3, -0.25) is 4.79 Å². The number of nitrogens with one attached hydrogen (secondary N) is 1. The van der Waals surface area contributed by atoms with Gasteiger partial charge in [-0.1, -0.05) is 12.1 Å². The van der Waals surface area contributed by atoms with Crippen molar-refractivity contribution in [3.8, 4) is 12.3 Å². The summed E-state index contributed by atoms with van der Waals surface area (Å²) in [4.78, 5) is 10.9. The minimum Gasteiger partial charge on any atom is -0.388 e. The molecule has 0 saturated carbocycles. The Balaban J connectivity index is 0.000000500. The molecule has 1 aromatic rings. The quantitative estimate of drug-likeness (QED) is 0.572. The van der Waals surface area contributed by atoms with Crippen LogP contribution in [0.2, 0.25) is 0 Å². The lowest BCUT2D eigenvalue weighted by atomic mass is 10.1. The van der Waals surface area contributed by atoms with Crippen LogP contribution in [0.4, 0.5) is 5.69 Å². The molecule has 74 valence electrons. The highest BCUT2D eigenvalue weighted by Crippen LogP contribution is 2.09. The second kappa shape index (κ2) is 6.73. The zero-order chi connectivity index (χ0) is 11.0. The minimum atomic E-state index is 0.0992. The largest absolute Gasteiger partial charge is 0.388 e. The van der Waals surface area contributed by atoms with E-state index >= 15 is 0 Å². The topological polar surface area (TPSA) is 29.1 Å². The third-order valence-corrected chi connectivity index (χ3v) is 1.56. The Kier molecular flexibility index (Phi) is 5.89. The van der Waals surface area contributed by atoms with Crippen molar-refractivity contribution < 1.29 is 4.79 Å². The van der Waals surface area contributed by atoms with Crippen molar-refractivity contribution in [2.45, 2.75) is 13.8 Å². The average Bonchev–Trinajstić information content (AvgIpc) is 2.19. The van der Waals surface area contributed by atoms with E-state index in [1.807, 2.05) is 31.3 Å². The molecule has 0 fully saturated rings. The van der Waals surface area contributed by atoms with Crippen LogP contribution in [0.5, 0.6) is 0 Å². The lowest BCUT2D eigenvalue weighted by Crippen LogP contribution is -1.94. The Labute approximate surface area is 85.3 Å². The highest BCUT2D eigenvalue weighted by molar-refractivity contribution is 5.94. The molecular formula is C12H15NO. The normalized spacial score (nSPS) is 7.86. The number of rotatable bonds is 2. The molecule has 0 bridgehead atoms. The molecule has 0 unspecified atom stereocenters. The first-order valence-electron chi connectivity index (χ1n) is 4.31. The average molecular weight is 189 g/mol. The lowest BCUT2D eigenvalue weighted by molar-refractivity contribution is 0.101. The maximum Gasteiger partial charge on any atom is 0.159 e. The molecule has 1 N–H and O–H groups in total. The molecule has 0 saturated heterocycles. The van der Waals surface area contributed by atoms with Crippen molar-refractivity contribution in [1.82, 2.24) is 0 Å². The molecule has 0 amide bonds. The standard InChI is InChI=1S/C9H11NO.C3H4/c1-7(11)8-4-3-5-9(6-8)10-2;1-3-2/h3-6,10H,1-2H3;1H,2H3. The summed E-state index contributed by atoms with van der Waals surface area (Å²) < 4.78 is 0. The van der Waals surface area contributed by atoms with Gasteiger partial charge in [0.15, 0.2) is 5.78 Å². The van der Waals surface area contributed by atoms with Crippen LogP contribution < -0.4 is 5.32 Å². The first-order chi connectivity index (χ1) is 6.65. The molecule has 0 spiro atoms. The molecule has 0 aromatic heterocycles. The van der Waals surface area contributed by atoms with Crippen LogP contribution in [0.15, 0.2) is 24.3 Å². The van der Waals surface area contributed by atoms with E-state index in [1.165, 1.54) is 0 Å². The zero-order valence-electron chi connectivity index (χ0n) is 8.79. The van der Waals surface area contributed by atoms with Crippen LogP contribution in [0, 0.1) is 12.3 Å². The Morgan fingerprint density at radius 3 is 2.50 bits per heavy atom. The van der Waals surface area contributed by atoms with Gasteiger partial charge in [-0.2, -0.15) is 0 Å². The van der Waals surface area contributed by atoms with E-state index in [0.717, 1.165) is 11.3 Å². The first-order valence-corrected chi connectivity index (χ1v) is 4.31. The molecule has 0 radical (unpaired) electrons. The molecule has 14 heavy (non-hydrogen) atoms. The number of Topliss-reactive ketones (excluding diaryl/α,β-unsaturated/α-hetero) is 1. The van der Waals surface area contributed by atoms with E-state index in [-0.39, 0.29) is 5.78 Å². The fourth-order valence-corrected chi connectivity index (χ4v) is 0.894. The van der Waals surface area contributed by atoms with Crippen LogP contribution in [0.3, 0.4) is 0 Å². The van der Waals surface area contributed by atoms with Gasteiger partial charge in [0.25, 0.3) is 0 Å². The summed E-state index contributed by atoms with van der Waals surface area (Å²) in [6.07, 6.45) is 4.60. The SMILES string of the molecule is C#CC.CNc1cccc(C(C)=O)c1. The Bertz CT molecular complexity index is 336. The summed E-state index contributed by atoms with van der Waals surface area (Å²) >= 11 is 0. The molecular weight excluding hydrogens is 174 g/mol.